The van der Waals surface area contributed by atoms with Gasteiger partial charge in [0.25, 0.3) is 0 Å². The summed E-state index contributed by atoms with van der Waals surface area (Å²) in [6.07, 6.45) is 0. The fourth-order valence-corrected chi connectivity index (χ4v) is 0.980. The highest BCUT2D eigenvalue weighted by Crippen LogP contribution is 1.98. The van der Waals surface area contributed by atoms with Crippen LogP contribution in [-0.4, -0.2) is 23.2 Å². The zero-order chi connectivity index (χ0) is 9.84. The van der Waals surface area contributed by atoms with Gasteiger partial charge in [0.2, 0.25) is 0 Å². The summed E-state index contributed by atoms with van der Waals surface area (Å²) in [5, 5.41) is 17.7. The molecule has 6 heteroatoms. The van der Waals surface area contributed by atoms with Crippen molar-refractivity contribution < 1.29 is 19.1 Å². The van der Waals surface area contributed by atoms with E-state index in [2.05, 4.69) is 4.21 Å². The number of aromatic carboxylic acids is 1. The number of rotatable bonds is 3. The van der Waals surface area contributed by atoms with Crippen LogP contribution in [0.2, 0.25) is 0 Å². The Morgan fingerprint density at radius 1 is 1.54 bits per heavy atom. The van der Waals surface area contributed by atoms with Crippen LogP contribution in [-0.2, 0) is 4.21 Å². The molecule has 0 radical (unpaired) electrons. The zero-order valence-corrected chi connectivity index (χ0v) is 7.23. The van der Waals surface area contributed by atoms with Gasteiger partial charge in [-0.05, 0) is 17.6 Å². The number of hydrogen-bond acceptors (Lipinski definition) is 3. The second kappa shape index (κ2) is 4.27. The third-order valence-corrected chi connectivity index (χ3v) is 1.67. The summed E-state index contributed by atoms with van der Waals surface area (Å²) in [5.41, 5.74) is 0.375. The molecule has 2 N–H and O–H groups in total. The van der Waals surface area contributed by atoms with Crippen molar-refractivity contribution >= 4 is 30.4 Å². The first-order valence-corrected chi connectivity index (χ1v) is 3.74. The van der Waals surface area contributed by atoms with E-state index in [1.165, 1.54) is 24.3 Å². The topological polar surface area (TPSA) is 66.8 Å². The van der Waals surface area contributed by atoms with Gasteiger partial charge in [-0.25, -0.2) is 4.79 Å². The van der Waals surface area contributed by atoms with Gasteiger partial charge in [-0.2, -0.15) is 0 Å². The smallest absolute Gasteiger partial charge is 0.478 e. The number of benzene rings is 1. The Balaban J connectivity index is 2.98. The summed E-state index contributed by atoms with van der Waals surface area (Å²) in [7, 11) is -1.30. The molecule has 0 aliphatic carbocycles. The quantitative estimate of drug-likeness (QED) is 0.686. The van der Waals surface area contributed by atoms with Gasteiger partial charge in [0.1, 0.15) is 0 Å². The Hall–Kier alpha value is -1.04. The van der Waals surface area contributed by atoms with Crippen LogP contribution in [0.15, 0.2) is 24.3 Å². The fourth-order valence-electron chi connectivity index (χ4n) is 0.877. The average Bonchev–Trinajstić information content (AvgIpc) is 2.17. The van der Waals surface area contributed by atoms with Gasteiger partial charge < -0.3 is 14.3 Å². The number of carboxylic acid groups (broad SMARTS) is 1. The lowest BCUT2D eigenvalue weighted by atomic mass is 9.79. The molecule has 1 aromatic carbocycles. The second-order valence-electron chi connectivity index (χ2n) is 2.37. The number of carboxylic acids is 1. The third-order valence-electron chi connectivity index (χ3n) is 1.50. The molecule has 0 fully saturated rings. The first-order chi connectivity index (χ1) is 6.15. The largest absolute Gasteiger partial charge is 0.508 e. The molecule has 0 atom stereocenters. The number of hydrogen-bond donors (Lipinski definition) is 2. The van der Waals surface area contributed by atoms with Gasteiger partial charge in [-0.1, -0.05) is 12.1 Å². The Bertz CT molecular complexity index is 317. The van der Waals surface area contributed by atoms with Crippen molar-refractivity contribution in [3.63, 3.8) is 0 Å². The zero-order valence-electron chi connectivity index (χ0n) is 6.48. The van der Waals surface area contributed by atoms with Crippen LogP contribution >= 0.6 is 11.9 Å². The van der Waals surface area contributed by atoms with Gasteiger partial charge >= 0.3 is 13.1 Å². The van der Waals surface area contributed by atoms with Crippen LogP contribution in [0, 0.1) is 0 Å². The van der Waals surface area contributed by atoms with E-state index in [-0.39, 0.29) is 5.56 Å². The predicted molar refractivity (Wildman–Crippen MR) is 47.9 cm³/mol. The molecule has 0 saturated heterocycles. The average molecular weight is 200 g/mol. The monoisotopic (exact) mass is 200 g/mol. The summed E-state index contributed by atoms with van der Waals surface area (Å²) in [6, 6.07) is 5.71. The molecule has 1 aromatic rings. The van der Waals surface area contributed by atoms with E-state index in [0.717, 1.165) is 0 Å². The van der Waals surface area contributed by atoms with E-state index >= 15 is 0 Å². The molecule has 0 saturated carbocycles. The van der Waals surface area contributed by atoms with E-state index in [4.69, 9.17) is 22.0 Å². The van der Waals surface area contributed by atoms with Crippen molar-refractivity contribution in [3.8, 4) is 0 Å². The normalized spacial score (nSPS) is 9.69. The van der Waals surface area contributed by atoms with Crippen LogP contribution in [0.4, 0.5) is 0 Å². The summed E-state index contributed by atoms with van der Waals surface area (Å²) < 4.78 is 4.11. The van der Waals surface area contributed by atoms with Crippen molar-refractivity contribution in [2.75, 3.05) is 0 Å². The standard InChI is InChI=1S/C7H6BClO4/c9-13-8(12)6-3-1-2-5(4-6)7(10)11/h1-4,12H,(H,10,11). The number of carbonyl (C=O) groups is 1. The Morgan fingerprint density at radius 3 is 2.77 bits per heavy atom. The van der Waals surface area contributed by atoms with Gasteiger partial charge in [0.05, 0.1) is 5.56 Å². The summed E-state index contributed by atoms with van der Waals surface area (Å²) in [6.45, 7) is 0. The lowest BCUT2D eigenvalue weighted by Gasteiger charge is -2.01. The van der Waals surface area contributed by atoms with Gasteiger partial charge in [-0.3, -0.25) is 0 Å². The van der Waals surface area contributed by atoms with E-state index < -0.39 is 13.1 Å². The highest BCUT2D eigenvalue weighted by Gasteiger charge is 2.17. The summed E-state index contributed by atoms with van der Waals surface area (Å²) in [4.78, 5) is 10.5. The third kappa shape index (κ3) is 2.45. The fraction of sp³-hybridized carbons (Fsp3) is 0. The van der Waals surface area contributed by atoms with Gasteiger partial charge in [0.15, 0.2) is 0 Å². The SMILES string of the molecule is O=C(O)c1cccc(B(O)OCl)c1. The van der Waals surface area contributed by atoms with Crippen LogP contribution in [0.3, 0.4) is 0 Å². The van der Waals surface area contributed by atoms with Gasteiger partial charge in [-0.15, -0.1) is 0 Å². The van der Waals surface area contributed by atoms with Crippen LogP contribution in [0.5, 0.6) is 0 Å². The van der Waals surface area contributed by atoms with Crippen molar-refractivity contribution in [1.29, 1.82) is 0 Å². The molecular weight excluding hydrogens is 194 g/mol. The van der Waals surface area contributed by atoms with E-state index in [1.807, 2.05) is 0 Å². The second-order valence-corrected chi connectivity index (χ2v) is 2.55. The molecular formula is C7H6BClO4. The maximum Gasteiger partial charge on any atom is 0.508 e. The van der Waals surface area contributed by atoms with Crippen LogP contribution in [0.1, 0.15) is 10.4 Å². The summed E-state index contributed by atoms with van der Waals surface area (Å²) in [5.74, 6) is -1.07. The molecule has 0 heterocycles. The lowest BCUT2D eigenvalue weighted by molar-refractivity contribution is 0.0697. The van der Waals surface area contributed by atoms with Crippen molar-refractivity contribution in [2.45, 2.75) is 0 Å². The van der Waals surface area contributed by atoms with Gasteiger partial charge in [0, 0.05) is 11.9 Å². The summed E-state index contributed by atoms with van der Waals surface area (Å²) >= 11 is 4.92. The molecule has 0 aliphatic heterocycles. The predicted octanol–water partition coefficient (Wildman–Crippen LogP) is 0.243. The molecule has 4 nitrogen and oxygen atoms in total. The van der Waals surface area contributed by atoms with E-state index in [9.17, 15) is 4.79 Å². The molecule has 68 valence electrons. The van der Waals surface area contributed by atoms with Crippen LogP contribution in [0.25, 0.3) is 0 Å². The molecule has 0 bridgehead atoms. The Morgan fingerprint density at radius 2 is 2.23 bits per heavy atom. The molecule has 13 heavy (non-hydrogen) atoms. The molecule has 0 unspecified atom stereocenters. The lowest BCUT2D eigenvalue weighted by Crippen LogP contribution is -2.31. The minimum absolute atomic E-state index is 0.0743. The minimum atomic E-state index is -1.30. The van der Waals surface area contributed by atoms with E-state index in [0.29, 0.717) is 5.46 Å². The molecule has 0 amide bonds. The Labute approximate surface area is 80.0 Å². The first kappa shape index (κ1) is 10.0. The minimum Gasteiger partial charge on any atom is -0.478 e. The van der Waals surface area contributed by atoms with Crippen molar-refractivity contribution in [1.82, 2.24) is 0 Å². The van der Waals surface area contributed by atoms with E-state index in [1.54, 1.807) is 0 Å². The molecule has 0 aromatic heterocycles. The van der Waals surface area contributed by atoms with Crippen molar-refractivity contribution in [2.24, 2.45) is 0 Å². The molecule has 0 aliphatic rings. The first-order valence-electron chi connectivity index (χ1n) is 3.44. The maximum atomic E-state index is 10.5. The molecule has 1 rings (SSSR count). The maximum absolute atomic E-state index is 10.5. The number of halogens is 1. The molecule has 0 spiro atoms. The highest BCUT2D eigenvalue weighted by molar-refractivity contribution is 6.63. The highest BCUT2D eigenvalue weighted by atomic mass is 35.5. The Kier molecular flexibility index (Phi) is 3.30. The van der Waals surface area contributed by atoms with Crippen molar-refractivity contribution in [3.05, 3.63) is 29.8 Å². The van der Waals surface area contributed by atoms with Crippen LogP contribution < -0.4 is 5.46 Å².